The van der Waals surface area contributed by atoms with Gasteiger partial charge in [-0.1, -0.05) is 82.3 Å². The third-order valence-corrected chi connectivity index (χ3v) is 8.17. The molecule has 0 bridgehead atoms. The molecule has 3 aliphatic rings. The summed E-state index contributed by atoms with van der Waals surface area (Å²) < 4.78 is 6.30. The Balaban J connectivity index is 1.53. The highest BCUT2D eigenvalue weighted by atomic mass is 16.3. The lowest BCUT2D eigenvalue weighted by molar-refractivity contribution is 0.270. The minimum absolute atomic E-state index is 0.0670. The first-order chi connectivity index (χ1) is 14.9. The van der Waals surface area contributed by atoms with E-state index in [9.17, 15) is 0 Å². The van der Waals surface area contributed by atoms with E-state index in [1.54, 1.807) is 0 Å². The fourth-order valence-corrected chi connectivity index (χ4v) is 6.00. The molecule has 0 spiro atoms. The van der Waals surface area contributed by atoms with Crippen molar-refractivity contribution in [1.82, 2.24) is 5.32 Å². The molecule has 0 fully saturated rings. The zero-order chi connectivity index (χ0) is 21.4. The molecule has 1 N–H and O–H groups in total. The monoisotopic (exact) mass is 407 g/mol. The summed E-state index contributed by atoms with van der Waals surface area (Å²) in [5.41, 5.74) is 9.05. The molecule has 1 heterocycles. The SMILES string of the molecule is CC1CC=C(NC2=C3c4ccccc4C(C)(C)C3(C)CC=C2)c2c1oc1ccccc21. The molecular weight excluding hydrogens is 378 g/mol. The number of rotatable bonds is 2. The Morgan fingerprint density at radius 3 is 2.65 bits per heavy atom. The van der Waals surface area contributed by atoms with E-state index in [1.807, 2.05) is 0 Å². The summed E-state index contributed by atoms with van der Waals surface area (Å²) in [6.45, 7) is 9.49. The minimum Gasteiger partial charge on any atom is -0.460 e. The fraction of sp³-hybridized carbons (Fsp3) is 0.310. The first kappa shape index (κ1) is 18.7. The van der Waals surface area contributed by atoms with Crippen LogP contribution >= 0.6 is 0 Å². The fourth-order valence-electron chi connectivity index (χ4n) is 6.00. The van der Waals surface area contributed by atoms with E-state index in [-0.39, 0.29) is 10.8 Å². The van der Waals surface area contributed by atoms with Crippen LogP contribution in [0.5, 0.6) is 0 Å². The summed E-state index contributed by atoms with van der Waals surface area (Å²) in [5.74, 6) is 1.50. The second-order valence-electron chi connectivity index (χ2n) is 10.1. The normalized spacial score (nSPS) is 25.8. The molecule has 2 atom stereocenters. The molecule has 0 saturated carbocycles. The highest BCUT2D eigenvalue weighted by Gasteiger charge is 2.53. The van der Waals surface area contributed by atoms with Crippen molar-refractivity contribution in [2.24, 2.45) is 5.41 Å². The molecule has 6 rings (SSSR count). The number of allylic oxidation sites excluding steroid dienone is 4. The zero-order valence-electron chi connectivity index (χ0n) is 18.8. The summed E-state index contributed by atoms with van der Waals surface area (Å²) in [7, 11) is 0. The highest BCUT2D eigenvalue weighted by molar-refractivity contribution is 5.94. The number of nitrogens with one attached hydrogen (secondary N) is 1. The molecule has 3 aromatic rings. The second kappa shape index (κ2) is 6.26. The van der Waals surface area contributed by atoms with Gasteiger partial charge in [-0.25, -0.2) is 0 Å². The Bertz CT molecular complexity index is 1320. The van der Waals surface area contributed by atoms with E-state index in [2.05, 4.69) is 99.8 Å². The minimum atomic E-state index is 0.0670. The molecule has 0 saturated heterocycles. The molecule has 0 radical (unpaired) electrons. The third kappa shape index (κ3) is 2.39. The van der Waals surface area contributed by atoms with E-state index >= 15 is 0 Å². The van der Waals surface area contributed by atoms with Crippen LogP contribution < -0.4 is 5.32 Å². The Morgan fingerprint density at radius 1 is 1.00 bits per heavy atom. The first-order valence-corrected chi connectivity index (χ1v) is 11.4. The predicted octanol–water partition coefficient (Wildman–Crippen LogP) is 7.54. The van der Waals surface area contributed by atoms with E-state index < -0.39 is 0 Å². The van der Waals surface area contributed by atoms with E-state index in [0.717, 1.165) is 24.2 Å². The molecule has 2 unspecified atom stereocenters. The maximum absolute atomic E-state index is 6.30. The van der Waals surface area contributed by atoms with E-state index in [4.69, 9.17) is 4.42 Å². The number of hydrogen-bond acceptors (Lipinski definition) is 2. The highest BCUT2D eigenvalue weighted by Crippen LogP contribution is 2.62. The lowest BCUT2D eigenvalue weighted by Gasteiger charge is -2.42. The van der Waals surface area contributed by atoms with Crippen LogP contribution in [0.25, 0.3) is 22.2 Å². The molecule has 31 heavy (non-hydrogen) atoms. The lowest BCUT2D eigenvalue weighted by Crippen LogP contribution is -2.36. The maximum Gasteiger partial charge on any atom is 0.135 e. The van der Waals surface area contributed by atoms with Gasteiger partial charge in [0.1, 0.15) is 11.3 Å². The average molecular weight is 408 g/mol. The first-order valence-electron chi connectivity index (χ1n) is 11.4. The number of para-hydroxylation sites is 1. The van der Waals surface area contributed by atoms with E-state index in [1.165, 1.54) is 39.0 Å². The van der Waals surface area contributed by atoms with Gasteiger partial charge in [0.2, 0.25) is 0 Å². The van der Waals surface area contributed by atoms with Crippen LogP contribution in [0.4, 0.5) is 0 Å². The quantitative estimate of drug-likeness (QED) is 0.475. The van der Waals surface area contributed by atoms with Crippen molar-refractivity contribution in [2.45, 2.75) is 51.9 Å². The second-order valence-corrected chi connectivity index (χ2v) is 10.1. The van der Waals surface area contributed by atoms with Crippen molar-refractivity contribution in [3.05, 3.63) is 94.9 Å². The zero-order valence-corrected chi connectivity index (χ0v) is 18.8. The van der Waals surface area contributed by atoms with Crippen molar-refractivity contribution < 1.29 is 4.42 Å². The van der Waals surface area contributed by atoms with Crippen LogP contribution in [0.2, 0.25) is 0 Å². The molecular formula is C29H29NO. The smallest absolute Gasteiger partial charge is 0.135 e. The molecule has 2 heteroatoms. The van der Waals surface area contributed by atoms with Crippen LogP contribution in [-0.4, -0.2) is 0 Å². The standard InChI is InChI=1S/C29H29NO/c1-18-15-16-22(25-20-11-6-8-14-24(20)31-27(18)25)30-23-13-9-17-29(4)26(23)19-10-5-7-12-21(19)28(29,2)3/h5-14,16,18,30H,15,17H2,1-4H3. The summed E-state index contributed by atoms with van der Waals surface area (Å²) >= 11 is 0. The Kier molecular flexibility index (Phi) is 3.78. The Hall–Kier alpha value is -3.00. The van der Waals surface area contributed by atoms with Gasteiger partial charge in [-0.15, -0.1) is 0 Å². The number of fused-ring (bicyclic) bond motifs is 6. The summed E-state index contributed by atoms with van der Waals surface area (Å²) in [6.07, 6.45) is 9.04. The van der Waals surface area contributed by atoms with Crippen LogP contribution in [0, 0.1) is 5.41 Å². The van der Waals surface area contributed by atoms with Crippen LogP contribution in [0.1, 0.15) is 68.9 Å². The number of furan rings is 1. The van der Waals surface area contributed by atoms with Crippen molar-refractivity contribution in [3.63, 3.8) is 0 Å². The van der Waals surface area contributed by atoms with Crippen LogP contribution in [0.3, 0.4) is 0 Å². The third-order valence-electron chi connectivity index (χ3n) is 8.17. The van der Waals surface area contributed by atoms with Crippen LogP contribution in [-0.2, 0) is 5.41 Å². The lowest BCUT2D eigenvalue weighted by atomic mass is 9.62. The molecule has 2 nitrogen and oxygen atoms in total. The van der Waals surface area contributed by atoms with Crippen molar-refractivity contribution >= 4 is 22.2 Å². The molecule has 1 aromatic heterocycles. The van der Waals surface area contributed by atoms with Crippen LogP contribution in [0.15, 0.2) is 76.9 Å². The van der Waals surface area contributed by atoms with Gasteiger partial charge < -0.3 is 9.73 Å². The Labute approximate surface area is 184 Å². The Morgan fingerprint density at radius 2 is 1.77 bits per heavy atom. The van der Waals surface area contributed by atoms with Gasteiger partial charge in [-0.3, -0.25) is 0 Å². The predicted molar refractivity (Wildman–Crippen MR) is 129 cm³/mol. The van der Waals surface area contributed by atoms with Gasteiger partial charge in [0.05, 0.1) is 0 Å². The van der Waals surface area contributed by atoms with Gasteiger partial charge in [-0.05, 0) is 41.7 Å². The largest absolute Gasteiger partial charge is 0.460 e. The van der Waals surface area contributed by atoms with Crippen molar-refractivity contribution in [2.75, 3.05) is 0 Å². The van der Waals surface area contributed by atoms with Crippen molar-refractivity contribution in [3.8, 4) is 0 Å². The van der Waals surface area contributed by atoms with Gasteiger partial charge in [0.15, 0.2) is 0 Å². The van der Waals surface area contributed by atoms with E-state index in [0.29, 0.717) is 5.92 Å². The molecule has 0 aliphatic heterocycles. The topological polar surface area (TPSA) is 25.2 Å². The molecule has 3 aliphatic carbocycles. The average Bonchev–Trinajstić information content (AvgIpc) is 3.24. The molecule has 156 valence electrons. The van der Waals surface area contributed by atoms with Gasteiger partial charge in [0, 0.05) is 39.1 Å². The molecule has 0 amide bonds. The maximum atomic E-state index is 6.30. The summed E-state index contributed by atoms with van der Waals surface area (Å²) in [6, 6.07) is 17.4. The number of hydrogen-bond donors (Lipinski definition) is 1. The summed E-state index contributed by atoms with van der Waals surface area (Å²) in [5, 5.41) is 5.08. The number of benzene rings is 2. The van der Waals surface area contributed by atoms with Gasteiger partial charge >= 0.3 is 0 Å². The van der Waals surface area contributed by atoms with Gasteiger partial charge in [-0.2, -0.15) is 0 Å². The summed E-state index contributed by atoms with van der Waals surface area (Å²) in [4.78, 5) is 0. The molecule has 2 aromatic carbocycles. The van der Waals surface area contributed by atoms with Crippen molar-refractivity contribution in [1.29, 1.82) is 0 Å². The van der Waals surface area contributed by atoms with Gasteiger partial charge in [0.25, 0.3) is 0 Å².